The van der Waals surface area contributed by atoms with Crippen LogP contribution in [-0.4, -0.2) is 40.9 Å². The molecule has 4 nitrogen and oxygen atoms in total. The molecule has 0 spiro atoms. The van der Waals surface area contributed by atoms with Crippen molar-refractivity contribution in [2.24, 2.45) is 0 Å². The van der Waals surface area contributed by atoms with Crippen molar-refractivity contribution >= 4 is 27.6 Å². The van der Waals surface area contributed by atoms with E-state index in [4.69, 9.17) is 0 Å². The minimum absolute atomic E-state index is 0.138. The van der Waals surface area contributed by atoms with Crippen LogP contribution in [0.15, 0.2) is 30.6 Å². The summed E-state index contributed by atoms with van der Waals surface area (Å²) in [6.45, 7) is -0.138. The first-order valence-electron chi connectivity index (χ1n) is 7.94. The van der Waals surface area contributed by atoms with Crippen LogP contribution in [0.5, 0.6) is 0 Å². The zero-order valence-corrected chi connectivity index (χ0v) is 14.6. The van der Waals surface area contributed by atoms with Crippen molar-refractivity contribution in [3.63, 3.8) is 0 Å². The predicted octanol–water partition coefficient (Wildman–Crippen LogP) is 4.61. The number of carbonyl (C=O) groups excluding carboxylic acids is 1. The molecule has 3 rings (SSSR count). The molecule has 0 N–H and O–H groups in total. The fraction of sp³-hybridized carbons (Fsp3) is 0.278. The summed E-state index contributed by atoms with van der Waals surface area (Å²) in [5.74, 6) is -2.24. The third-order valence-electron chi connectivity index (χ3n) is 4.08. The molecule has 3 aromatic rings. The van der Waals surface area contributed by atoms with Crippen molar-refractivity contribution in [1.29, 1.82) is 0 Å². The Bertz CT molecular complexity index is 1070. The second-order valence-electron chi connectivity index (χ2n) is 6.44. The molecule has 0 unspecified atom stereocenters. The fourth-order valence-electron chi connectivity index (χ4n) is 3.07. The van der Waals surface area contributed by atoms with Gasteiger partial charge in [-0.05, 0) is 31.8 Å². The number of halogens is 6. The topological polar surface area (TPSA) is 46.1 Å². The van der Waals surface area contributed by atoms with Gasteiger partial charge in [0.05, 0.1) is 16.6 Å². The van der Waals surface area contributed by atoms with Crippen LogP contribution < -0.4 is 0 Å². The Labute approximate surface area is 154 Å². The quantitative estimate of drug-likeness (QED) is 0.365. The molecule has 0 bridgehead atoms. The largest absolute Gasteiger partial charge is 0.454 e. The van der Waals surface area contributed by atoms with Crippen molar-refractivity contribution in [2.75, 3.05) is 14.1 Å². The van der Waals surface area contributed by atoms with Gasteiger partial charge in [0, 0.05) is 35.3 Å². The smallest absolute Gasteiger partial charge is 0.305 e. The first kappa shape index (κ1) is 20.0. The molecule has 0 amide bonds. The summed E-state index contributed by atoms with van der Waals surface area (Å²) in [5, 5.41) is -0.802. The number of alkyl halides is 6. The van der Waals surface area contributed by atoms with E-state index in [1.54, 1.807) is 14.1 Å². The van der Waals surface area contributed by atoms with Gasteiger partial charge in [0.25, 0.3) is 5.78 Å². The van der Waals surface area contributed by atoms with E-state index in [2.05, 4.69) is 9.97 Å². The number of rotatable bonds is 3. The first-order valence-corrected chi connectivity index (χ1v) is 7.94. The zero-order chi connectivity index (χ0) is 20.9. The lowest BCUT2D eigenvalue weighted by molar-refractivity contribution is -0.137. The number of hydrogen-bond acceptors (Lipinski definition) is 4. The summed E-state index contributed by atoms with van der Waals surface area (Å²) in [7, 11) is 3.09. The van der Waals surface area contributed by atoms with Gasteiger partial charge in [-0.2, -0.15) is 26.3 Å². The molecule has 0 saturated heterocycles. The Morgan fingerprint density at radius 3 is 2.25 bits per heavy atom. The maximum atomic E-state index is 13.8. The van der Waals surface area contributed by atoms with E-state index in [1.807, 2.05) is 0 Å². The van der Waals surface area contributed by atoms with E-state index in [-0.39, 0.29) is 28.5 Å². The molecule has 0 aliphatic carbocycles. The number of carbonyl (C=O) groups is 1. The Hall–Kier alpha value is -2.75. The molecular formula is C18H13F6N3O. The van der Waals surface area contributed by atoms with Crippen LogP contribution in [0.4, 0.5) is 26.3 Å². The number of benzene rings is 1. The molecule has 148 valence electrons. The molecule has 10 heteroatoms. The van der Waals surface area contributed by atoms with E-state index < -0.39 is 34.6 Å². The second kappa shape index (κ2) is 6.69. The van der Waals surface area contributed by atoms with E-state index >= 15 is 0 Å². The normalized spacial score (nSPS) is 12.9. The van der Waals surface area contributed by atoms with Crippen molar-refractivity contribution in [1.82, 2.24) is 14.9 Å². The lowest BCUT2D eigenvalue weighted by Gasteiger charge is -2.19. The van der Waals surface area contributed by atoms with Gasteiger partial charge < -0.3 is 4.90 Å². The standard InChI is InChI=1S/C18H13F6N3O/c1-27(2)8-9-7-26-15-12(13(9)17(19,20)21)6-11(16(28)18(22,23)24)10-4-3-5-25-14(10)15/h3-7H,8H2,1-2H3. The van der Waals surface area contributed by atoms with Crippen LogP contribution in [0.2, 0.25) is 0 Å². The molecule has 0 saturated carbocycles. The number of pyridine rings is 2. The van der Waals surface area contributed by atoms with Crippen molar-refractivity contribution in [2.45, 2.75) is 18.9 Å². The van der Waals surface area contributed by atoms with E-state index in [1.165, 1.54) is 23.2 Å². The number of aromatic nitrogens is 2. The van der Waals surface area contributed by atoms with Crippen LogP contribution in [0.25, 0.3) is 21.8 Å². The highest BCUT2D eigenvalue weighted by Gasteiger charge is 2.42. The summed E-state index contributed by atoms with van der Waals surface area (Å²) in [6.07, 6.45) is -7.87. The van der Waals surface area contributed by atoms with E-state index in [0.29, 0.717) is 6.07 Å². The number of nitrogens with zero attached hydrogens (tertiary/aromatic N) is 3. The third-order valence-corrected chi connectivity index (χ3v) is 4.08. The molecule has 0 atom stereocenters. The molecule has 0 aliphatic heterocycles. The minimum Gasteiger partial charge on any atom is -0.305 e. The van der Waals surface area contributed by atoms with Crippen LogP contribution in [-0.2, 0) is 12.7 Å². The van der Waals surface area contributed by atoms with Gasteiger partial charge in [-0.25, -0.2) is 0 Å². The highest BCUT2D eigenvalue weighted by molar-refractivity contribution is 6.17. The molecule has 0 aliphatic rings. The van der Waals surface area contributed by atoms with Gasteiger partial charge in [-0.1, -0.05) is 6.07 Å². The summed E-state index contributed by atoms with van der Waals surface area (Å²) in [4.78, 5) is 21.3. The van der Waals surface area contributed by atoms with Gasteiger partial charge in [-0.15, -0.1) is 0 Å². The van der Waals surface area contributed by atoms with Gasteiger partial charge in [0.2, 0.25) is 0 Å². The molecule has 2 heterocycles. The molecule has 28 heavy (non-hydrogen) atoms. The average Bonchev–Trinajstić information content (AvgIpc) is 2.57. The second-order valence-corrected chi connectivity index (χ2v) is 6.44. The maximum absolute atomic E-state index is 13.8. The van der Waals surface area contributed by atoms with Crippen molar-refractivity contribution < 1.29 is 31.1 Å². The Balaban J connectivity index is 2.50. The molecule has 2 aromatic heterocycles. The van der Waals surface area contributed by atoms with Crippen LogP contribution in [0.1, 0.15) is 21.5 Å². The Morgan fingerprint density at radius 1 is 1.04 bits per heavy atom. The summed E-state index contributed by atoms with van der Waals surface area (Å²) in [6, 6.07) is 3.11. The molecule has 1 aromatic carbocycles. The van der Waals surface area contributed by atoms with E-state index in [9.17, 15) is 31.1 Å². The van der Waals surface area contributed by atoms with Gasteiger partial charge >= 0.3 is 12.4 Å². The Morgan fingerprint density at radius 2 is 1.68 bits per heavy atom. The van der Waals surface area contributed by atoms with E-state index in [0.717, 1.165) is 6.20 Å². The lowest BCUT2D eigenvalue weighted by atomic mass is 9.95. The minimum atomic E-state index is -5.25. The number of ketones is 1. The lowest BCUT2D eigenvalue weighted by Crippen LogP contribution is -2.23. The molecular weight excluding hydrogens is 388 g/mol. The predicted molar refractivity (Wildman–Crippen MR) is 89.8 cm³/mol. The molecule has 0 radical (unpaired) electrons. The van der Waals surface area contributed by atoms with Crippen molar-refractivity contribution in [3.8, 4) is 0 Å². The van der Waals surface area contributed by atoms with Gasteiger partial charge in [0.15, 0.2) is 0 Å². The SMILES string of the molecule is CN(C)Cc1cnc2c(cc(C(=O)C(F)(F)F)c3cccnc32)c1C(F)(F)F. The highest BCUT2D eigenvalue weighted by atomic mass is 19.4. The Kier molecular flexibility index (Phi) is 4.78. The number of Topliss-reactive ketones (excluding diaryl/α,β-unsaturated/α-hetero) is 1. The summed E-state index contributed by atoms with van der Waals surface area (Å²) in [5.41, 5.74) is -2.66. The maximum Gasteiger partial charge on any atom is 0.454 e. The number of fused-ring (bicyclic) bond motifs is 3. The van der Waals surface area contributed by atoms with Gasteiger partial charge in [-0.3, -0.25) is 14.8 Å². The third kappa shape index (κ3) is 3.51. The molecule has 0 fully saturated rings. The van der Waals surface area contributed by atoms with Crippen LogP contribution in [0.3, 0.4) is 0 Å². The monoisotopic (exact) mass is 401 g/mol. The van der Waals surface area contributed by atoms with Gasteiger partial charge in [0.1, 0.15) is 0 Å². The summed E-state index contributed by atoms with van der Waals surface area (Å²) < 4.78 is 80.6. The fourth-order valence-corrected chi connectivity index (χ4v) is 3.07. The first-order chi connectivity index (χ1) is 12.9. The average molecular weight is 401 g/mol. The zero-order valence-electron chi connectivity index (χ0n) is 14.6. The van der Waals surface area contributed by atoms with Crippen molar-refractivity contribution in [3.05, 3.63) is 47.3 Å². The number of hydrogen-bond donors (Lipinski definition) is 0. The van der Waals surface area contributed by atoms with Crippen LogP contribution >= 0.6 is 0 Å². The van der Waals surface area contributed by atoms with Crippen LogP contribution in [0, 0.1) is 0 Å². The summed E-state index contributed by atoms with van der Waals surface area (Å²) >= 11 is 0. The highest BCUT2D eigenvalue weighted by Crippen LogP contribution is 2.40.